The smallest absolute Gasteiger partial charge is 0.233 e. The van der Waals surface area contributed by atoms with Crippen LogP contribution < -0.4 is 10.2 Å². The summed E-state index contributed by atoms with van der Waals surface area (Å²) >= 11 is 0. The Morgan fingerprint density at radius 1 is 1.31 bits per heavy atom. The van der Waals surface area contributed by atoms with E-state index >= 15 is 0 Å². The van der Waals surface area contributed by atoms with Crippen LogP contribution in [-0.2, 0) is 16.3 Å². The molecule has 3 unspecified atom stereocenters. The number of ether oxygens (including phenoxy) is 1. The van der Waals surface area contributed by atoms with Crippen molar-refractivity contribution in [1.82, 2.24) is 14.5 Å². The number of nitriles is 1. The van der Waals surface area contributed by atoms with Gasteiger partial charge in [-0.2, -0.15) is 15.2 Å². The van der Waals surface area contributed by atoms with Crippen LogP contribution in [-0.4, -0.2) is 48.2 Å². The lowest BCUT2D eigenvalue weighted by molar-refractivity contribution is -0.117. The molecule has 4 aliphatic rings. The van der Waals surface area contributed by atoms with Crippen molar-refractivity contribution in [1.29, 1.82) is 5.26 Å². The van der Waals surface area contributed by atoms with Crippen molar-refractivity contribution < 1.29 is 9.53 Å². The zero-order chi connectivity index (χ0) is 24.6. The molecule has 0 radical (unpaired) electrons. The van der Waals surface area contributed by atoms with Gasteiger partial charge in [0.1, 0.15) is 18.6 Å². The van der Waals surface area contributed by atoms with Crippen molar-refractivity contribution in [3.05, 3.63) is 11.8 Å². The molecule has 1 saturated heterocycles. The number of rotatable bonds is 9. The highest BCUT2D eigenvalue weighted by Gasteiger charge is 2.66. The number of hydrogen-bond donors (Lipinski definition) is 1. The fourth-order valence-electron chi connectivity index (χ4n) is 6.11. The largest absolute Gasteiger partial charge is 0.361 e. The number of anilines is 2. The Morgan fingerprint density at radius 2 is 2.11 bits per heavy atom. The Bertz CT molecular complexity index is 1240. The monoisotopic (exact) mass is 492 g/mol. The molecule has 6 rings (SSSR count). The quantitative estimate of drug-likeness (QED) is 0.406. The number of fused-ring (bicyclic) bond motifs is 2. The first kappa shape index (κ1) is 23.0. The minimum Gasteiger partial charge on any atom is -0.361 e. The van der Waals surface area contributed by atoms with E-state index in [0.717, 1.165) is 56.0 Å². The number of nitrogens with zero attached hydrogens (tertiary/aromatic N) is 5. The average molecular weight is 493 g/mol. The molecule has 3 atom stereocenters. The maximum absolute atomic E-state index is 12.9. The lowest BCUT2D eigenvalue weighted by Gasteiger charge is -2.23. The van der Waals surface area contributed by atoms with Crippen LogP contribution in [0.4, 0.5) is 11.8 Å². The van der Waals surface area contributed by atoms with E-state index < -0.39 is 8.07 Å². The summed E-state index contributed by atoms with van der Waals surface area (Å²) < 4.78 is 7.92. The van der Waals surface area contributed by atoms with E-state index in [0.29, 0.717) is 41.8 Å². The molecule has 1 amide bonds. The molecule has 0 bridgehead atoms. The molecule has 1 aliphatic heterocycles. The third kappa shape index (κ3) is 4.04. The molecule has 1 N–H and O–H groups in total. The van der Waals surface area contributed by atoms with Crippen molar-refractivity contribution >= 4 is 36.8 Å². The lowest BCUT2D eigenvalue weighted by Crippen LogP contribution is -2.27. The highest BCUT2D eigenvalue weighted by Crippen LogP contribution is 2.70. The zero-order valence-corrected chi connectivity index (χ0v) is 22.4. The normalized spacial score (nSPS) is 27.7. The molecule has 4 fully saturated rings. The highest BCUT2D eigenvalue weighted by atomic mass is 28.3. The fraction of sp³-hybridized carbons (Fsp3) is 0.692. The van der Waals surface area contributed by atoms with Crippen LogP contribution in [0.1, 0.15) is 44.6 Å². The first-order valence-electron chi connectivity index (χ1n) is 13.1. The molecule has 8 nitrogen and oxygen atoms in total. The van der Waals surface area contributed by atoms with Crippen LogP contribution in [0.5, 0.6) is 0 Å². The van der Waals surface area contributed by atoms with E-state index in [1.54, 1.807) is 0 Å². The molecule has 0 aromatic carbocycles. The first-order chi connectivity index (χ1) is 16.7. The van der Waals surface area contributed by atoms with Crippen molar-refractivity contribution in [2.75, 3.05) is 29.9 Å². The van der Waals surface area contributed by atoms with Crippen LogP contribution in [0.2, 0.25) is 25.7 Å². The summed E-state index contributed by atoms with van der Waals surface area (Å²) in [6, 6.07) is 3.44. The second-order valence-corrected chi connectivity index (χ2v) is 18.3. The molecule has 1 spiro atoms. The van der Waals surface area contributed by atoms with Crippen molar-refractivity contribution in [2.24, 2.45) is 22.7 Å². The molecule has 3 heterocycles. The van der Waals surface area contributed by atoms with Crippen LogP contribution in [0, 0.1) is 34.0 Å². The molecule has 3 aliphatic carbocycles. The van der Waals surface area contributed by atoms with Gasteiger partial charge in [0.2, 0.25) is 11.9 Å². The third-order valence-electron chi connectivity index (χ3n) is 8.99. The summed E-state index contributed by atoms with van der Waals surface area (Å²) in [5, 5.41) is 13.8. The predicted molar refractivity (Wildman–Crippen MR) is 138 cm³/mol. The van der Waals surface area contributed by atoms with Gasteiger partial charge in [-0.05, 0) is 54.9 Å². The molecule has 3 saturated carbocycles. The molecular weight excluding hydrogens is 456 g/mol. The maximum atomic E-state index is 12.9. The second-order valence-electron chi connectivity index (χ2n) is 12.6. The number of aromatic nitrogens is 3. The summed E-state index contributed by atoms with van der Waals surface area (Å²) in [5.74, 6) is 1.94. The van der Waals surface area contributed by atoms with Gasteiger partial charge in [-0.15, -0.1) is 0 Å². The van der Waals surface area contributed by atoms with Crippen LogP contribution in [0.25, 0.3) is 11.0 Å². The van der Waals surface area contributed by atoms with Crippen LogP contribution in [0.15, 0.2) is 6.20 Å². The van der Waals surface area contributed by atoms with Gasteiger partial charge >= 0.3 is 0 Å². The summed E-state index contributed by atoms with van der Waals surface area (Å²) in [7, 11) is -1.20. The number of amides is 1. The lowest BCUT2D eigenvalue weighted by atomic mass is 10.0. The summed E-state index contributed by atoms with van der Waals surface area (Å²) in [4.78, 5) is 24.9. The molecule has 2 aromatic rings. The van der Waals surface area contributed by atoms with Gasteiger partial charge in [-0.3, -0.25) is 10.1 Å². The number of carbonyl (C=O) groups excluding carboxylic acids is 1. The Labute approximate surface area is 208 Å². The van der Waals surface area contributed by atoms with Crippen LogP contribution >= 0.6 is 0 Å². The predicted octanol–water partition coefficient (Wildman–Crippen LogP) is 4.59. The van der Waals surface area contributed by atoms with E-state index in [2.05, 4.69) is 42.9 Å². The summed E-state index contributed by atoms with van der Waals surface area (Å²) in [6.07, 6.45) is 7.57. The van der Waals surface area contributed by atoms with Crippen LogP contribution in [0.3, 0.4) is 0 Å². The topological polar surface area (TPSA) is 96.1 Å². The van der Waals surface area contributed by atoms with Gasteiger partial charge in [0.05, 0.1) is 10.9 Å². The van der Waals surface area contributed by atoms with Gasteiger partial charge in [0.25, 0.3) is 0 Å². The zero-order valence-electron chi connectivity index (χ0n) is 21.4. The molecular formula is C26H36N6O2Si. The summed E-state index contributed by atoms with van der Waals surface area (Å²) in [5.41, 5.74) is 1.88. The number of piperidine rings is 1. The van der Waals surface area contributed by atoms with Gasteiger partial charge in [0, 0.05) is 39.9 Å². The standard InChI is InChI=1S/C26H36N6O2Si/c1-5-25-10-18(25)14-31(15-25)21-20-17(12-27)13-32(16-34-8-9-35(2,3)4)22(20)29-24(28-21)30-23(33)19-11-26(19)6-7-26/h13,18-19H,5-11,14-16H2,1-4H3,(H,28,29,30,33). The minimum atomic E-state index is -1.20. The van der Waals surface area contributed by atoms with Crippen molar-refractivity contribution in [2.45, 2.75) is 71.4 Å². The number of nitrogens with one attached hydrogen (secondary N) is 1. The van der Waals surface area contributed by atoms with E-state index in [1.165, 1.54) is 6.42 Å². The Balaban J connectivity index is 1.33. The Kier molecular flexibility index (Phi) is 5.11. The fourth-order valence-corrected chi connectivity index (χ4v) is 6.86. The van der Waals surface area contributed by atoms with E-state index in [9.17, 15) is 10.1 Å². The average Bonchev–Trinajstić information content (AvgIpc) is 3.78. The summed E-state index contributed by atoms with van der Waals surface area (Å²) in [6.45, 7) is 12.2. The van der Waals surface area contributed by atoms with Gasteiger partial charge in [-0.25, -0.2) is 0 Å². The van der Waals surface area contributed by atoms with E-state index in [1.807, 2.05) is 10.8 Å². The Morgan fingerprint density at radius 3 is 2.74 bits per heavy atom. The van der Waals surface area contributed by atoms with E-state index in [4.69, 9.17) is 14.7 Å². The first-order valence-corrected chi connectivity index (χ1v) is 16.8. The van der Waals surface area contributed by atoms with Gasteiger partial charge in [0.15, 0.2) is 5.65 Å². The molecule has 2 aromatic heterocycles. The number of hydrogen-bond acceptors (Lipinski definition) is 6. The maximum Gasteiger partial charge on any atom is 0.233 e. The third-order valence-corrected chi connectivity index (χ3v) is 10.7. The van der Waals surface area contributed by atoms with Gasteiger partial charge < -0.3 is 14.2 Å². The van der Waals surface area contributed by atoms with Crippen molar-refractivity contribution in [3.8, 4) is 6.07 Å². The van der Waals surface area contributed by atoms with Crippen molar-refractivity contribution in [3.63, 3.8) is 0 Å². The SMILES string of the molecule is CCC12CC1CN(c1nc(NC(=O)C3CC34CC4)nc3c1c(C#N)cn3COCC[Si](C)(C)C)C2. The Hall–Kier alpha value is -2.44. The highest BCUT2D eigenvalue weighted by molar-refractivity contribution is 6.76. The minimum absolute atomic E-state index is 0.0343. The second kappa shape index (κ2) is 7.78. The molecule has 35 heavy (non-hydrogen) atoms. The van der Waals surface area contributed by atoms with E-state index in [-0.39, 0.29) is 17.2 Å². The molecule has 186 valence electrons. The number of carbonyl (C=O) groups is 1. The van der Waals surface area contributed by atoms with Gasteiger partial charge in [-0.1, -0.05) is 26.6 Å². The molecule has 9 heteroatoms.